The molecule has 8 rings (SSSR count). The van der Waals surface area contributed by atoms with Gasteiger partial charge in [-0.25, -0.2) is 4.90 Å². The highest BCUT2D eigenvalue weighted by molar-refractivity contribution is 6.31. The summed E-state index contributed by atoms with van der Waals surface area (Å²) in [6, 6.07) is 28.4. The van der Waals surface area contributed by atoms with Crippen LogP contribution in [0.25, 0.3) is 0 Å². The SMILES string of the molecule is Cc1ccc(Cl)cc1NC(=O)c1ccccc1N1C(=O)[C@@H]2C3c4ccccc4C(c4ccccc43)[C@@H]2C1=O. The first-order chi connectivity index (χ1) is 18.5. The molecule has 0 spiro atoms. The third-order valence-corrected chi connectivity index (χ3v) is 8.52. The van der Waals surface area contributed by atoms with Gasteiger partial charge < -0.3 is 5.32 Å². The Kier molecular flexibility index (Phi) is 5.07. The lowest BCUT2D eigenvalue weighted by molar-refractivity contribution is -0.122. The van der Waals surface area contributed by atoms with E-state index in [0.717, 1.165) is 27.8 Å². The average Bonchev–Trinajstić information content (AvgIpc) is 3.20. The number of imide groups is 1. The predicted octanol–water partition coefficient (Wildman–Crippen LogP) is 6.30. The summed E-state index contributed by atoms with van der Waals surface area (Å²) in [6.45, 7) is 1.88. The minimum Gasteiger partial charge on any atom is -0.322 e. The molecule has 1 N–H and O–H groups in total. The molecular weight excluding hydrogens is 496 g/mol. The number of halogens is 1. The maximum absolute atomic E-state index is 14.1. The number of benzene rings is 4. The molecule has 0 unspecified atom stereocenters. The lowest BCUT2D eigenvalue weighted by atomic mass is 9.55. The summed E-state index contributed by atoms with van der Waals surface area (Å²) in [4.78, 5) is 43.0. The fourth-order valence-corrected chi connectivity index (χ4v) is 6.87. The minimum absolute atomic E-state index is 0.200. The van der Waals surface area contributed by atoms with Gasteiger partial charge in [0.25, 0.3) is 5.91 Å². The van der Waals surface area contributed by atoms with Crippen molar-refractivity contribution in [1.82, 2.24) is 0 Å². The lowest BCUT2D eigenvalue weighted by Gasteiger charge is -2.45. The first-order valence-electron chi connectivity index (χ1n) is 12.7. The molecule has 1 fully saturated rings. The molecule has 4 aromatic carbocycles. The van der Waals surface area contributed by atoms with Crippen LogP contribution in [0.5, 0.6) is 0 Å². The standard InChI is InChI=1S/C32H23ClN2O3/c1-17-14-15-18(33)16-24(17)34-30(36)23-12-6-7-13-25(23)35-31(37)28-26-19-8-2-3-9-20(19)27(29(28)32(35)38)22-11-5-4-10-21(22)26/h2-16,26-29H,1H3,(H,34,36)/t26?,27?,28-,29+. The lowest BCUT2D eigenvalue weighted by Crippen LogP contribution is -2.41. The van der Waals surface area contributed by atoms with Crippen molar-refractivity contribution in [3.05, 3.63) is 129 Å². The van der Waals surface area contributed by atoms with Crippen LogP contribution >= 0.6 is 11.6 Å². The maximum atomic E-state index is 14.1. The molecule has 1 aliphatic heterocycles. The van der Waals surface area contributed by atoms with Crippen molar-refractivity contribution in [3.8, 4) is 0 Å². The number of anilines is 2. The number of para-hydroxylation sites is 1. The molecule has 5 nitrogen and oxygen atoms in total. The normalized spacial score (nSPS) is 22.6. The van der Waals surface area contributed by atoms with Crippen LogP contribution in [0.15, 0.2) is 91.0 Å². The second-order valence-electron chi connectivity index (χ2n) is 10.2. The molecule has 2 atom stereocenters. The Morgan fingerprint density at radius 2 is 1.24 bits per heavy atom. The molecule has 186 valence electrons. The van der Waals surface area contributed by atoms with E-state index in [9.17, 15) is 14.4 Å². The van der Waals surface area contributed by atoms with Crippen LogP contribution in [-0.4, -0.2) is 17.7 Å². The summed E-state index contributed by atoms with van der Waals surface area (Å²) >= 11 is 6.15. The van der Waals surface area contributed by atoms with Gasteiger partial charge in [0.1, 0.15) is 0 Å². The average molecular weight is 519 g/mol. The zero-order valence-corrected chi connectivity index (χ0v) is 21.3. The van der Waals surface area contributed by atoms with Crippen LogP contribution in [0.3, 0.4) is 0 Å². The Morgan fingerprint density at radius 3 is 1.79 bits per heavy atom. The number of hydrogen-bond donors (Lipinski definition) is 1. The van der Waals surface area contributed by atoms with E-state index in [1.165, 1.54) is 4.90 Å². The van der Waals surface area contributed by atoms with E-state index in [2.05, 4.69) is 29.6 Å². The first-order valence-corrected chi connectivity index (χ1v) is 13.1. The van der Waals surface area contributed by atoms with Gasteiger partial charge in [-0.15, -0.1) is 0 Å². The number of nitrogens with one attached hydrogen (secondary N) is 1. The zero-order chi connectivity index (χ0) is 26.1. The summed E-state index contributed by atoms with van der Waals surface area (Å²) < 4.78 is 0. The first kappa shape index (κ1) is 22.9. The van der Waals surface area contributed by atoms with Gasteiger partial charge in [0.2, 0.25) is 11.8 Å². The highest BCUT2D eigenvalue weighted by Gasteiger charge is 2.62. The summed E-state index contributed by atoms with van der Waals surface area (Å²) in [6.07, 6.45) is 0. The predicted molar refractivity (Wildman–Crippen MR) is 147 cm³/mol. The number of carbonyl (C=O) groups is 3. The van der Waals surface area contributed by atoms with E-state index in [1.807, 2.05) is 37.3 Å². The van der Waals surface area contributed by atoms with Gasteiger partial charge in [0, 0.05) is 22.5 Å². The molecule has 3 amide bonds. The van der Waals surface area contributed by atoms with Gasteiger partial charge >= 0.3 is 0 Å². The molecule has 3 aliphatic carbocycles. The van der Waals surface area contributed by atoms with Crippen LogP contribution in [0.2, 0.25) is 5.02 Å². The van der Waals surface area contributed by atoms with Gasteiger partial charge in [0.15, 0.2) is 0 Å². The second-order valence-corrected chi connectivity index (χ2v) is 10.6. The van der Waals surface area contributed by atoms with Crippen molar-refractivity contribution in [2.75, 3.05) is 10.2 Å². The van der Waals surface area contributed by atoms with Crippen molar-refractivity contribution in [2.24, 2.45) is 11.8 Å². The van der Waals surface area contributed by atoms with E-state index in [-0.39, 0.29) is 29.2 Å². The summed E-state index contributed by atoms with van der Waals surface area (Å²) in [5.41, 5.74) is 6.45. The fourth-order valence-electron chi connectivity index (χ4n) is 6.69. The molecule has 6 heteroatoms. The largest absolute Gasteiger partial charge is 0.322 e. The topological polar surface area (TPSA) is 66.5 Å². The Balaban J connectivity index is 1.32. The maximum Gasteiger partial charge on any atom is 0.257 e. The van der Waals surface area contributed by atoms with Crippen LogP contribution < -0.4 is 10.2 Å². The highest BCUT2D eigenvalue weighted by atomic mass is 35.5. The van der Waals surface area contributed by atoms with Gasteiger partial charge in [-0.3, -0.25) is 14.4 Å². The van der Waals surface area contributed by atoms with E-state index >= 15 is 0 Å². The van der Waals surface area contributed by atoms with Gasteiger partial charge in [-0.1, -0.05) is 78.3 Å². The highest BCUT2D eigenvalue weighted by Crippen LogP contribution is 2.61. The quantitative estimate of drug-likeness (QED) is 0.324. The number of carbonyl (C=O) groups excluding carboxylic acids is 3. The number of nitrogens with zero attached hydrogens (tertiary/aromatic N) is 1. The molecule has 2 bridgehead atoms. The molecule has 38 heavy (non-hydrogen) atoms. The second kappa shape index (κ2) is 8.40. The number of hydrogen-bond acceptors (Lipinski definition) is 3. The Labute approximate surface area is 225 Å². The van der Waals surface area contributed by atoms with Crippen molar-refractivity contribution >= 4 is 40.7 Å². The smallest absolute Gasteiger partial charge is 0.257 e. The van der Waals surface area contributed by atoms with Crippen LogP contribution in [0.4, 0.5) is 11.4 Å². The molecule has 4 aliphatic rings. The number of amides is 3. The summed E-state index contributed by atoms with van der Waals surface area (Å²) in [7, 11) is 0. The summed E-state index contributed by atoms with van der Waals surface area (Å²) in [5, 5.41) is 3.41. The molecule has 4 aromatic rings. The Morgan fingerprint density at radius 1 is 0.737 bits per heavy atom. The minimum atomic E-state index is -0.511. The molecule has 1 heterocycles. The Bertz CT molecular complexity index is 1560. The number of rotatable bonds is 3. The van der Waals surface area contributed by atoms with Crippen molar-refractivity contribution in [2.45, 2.75) is 18.8 Å². The van der Waals surface area contributed by atoms with E-state index in [4.69, 9.17) is 11.6 Å². The van der Waals surface area contributed by atoms with Crippen molar-refractivity contribution in [3.63, 3.8) is 0 Å². The molecule has 0 radical (unpaired) electrons. The third-order valence-electron chi connectivity index (χ3n) is 8.29. The van der Waals surface area contributed by atoms with Crippen LogP contribution in [-0.2, 0) is 9.59 Å². The van der Waals surface area contributed by atoms with Crippen LogP contribution in [0, 0.1) is 18.8 Å². The van der Waals surface area contributed by atoms with Gasteiger partial charge in [-0.2, -0.15) is 0 Å². The zero-order valence-electron chi connectivity index (χ0n) is 20.5. The van der Waals surface area contributed by atoms with Crippen LogP contribution in [0.1, 0.15) is 50.0 Å². The third kappa shape index (κ3) is 3.15. The summed E-state index contributed by atoms with van der Waals surface area (Å²) in [5.74, 6) is -2.33. The molecule has 0 saturated carbocycles. The van der Waals surface area contributed by atoms with Crippen molar-refractivity contribution < 1.29 is 14.4 Å². The fraction of sp³-hybridized carbons (Fsp3) is 0.156. The van der Waals surface area contributed by atoms with Crippen molar-refractivity contribution in [1.29, 1.82) is 0 Å². The van der Waals surface area contributed by atoms with Gasteiger partial charge in [-0.05, 0) is 59.0 Å². The molecule has 1 saturated heterocycles. The van der Waals surface area contributed by atoms with Gasteiger partial charge in [0.05, 0.1) is 23.1 Å². The van der Waals surface area contributed by atoms with E-state index in [1.54, 1.807) is 36.4 Å². The van der Waals surface area contributed by atoms with E-state index < -0.39 is 17.7 Å². The van der Waals surface area contributed by atoms with E-state index in [0.29, 0.717) is 16.4 Å². The Hall–Kier alpha value is -4.22. The monoisotopic (exact) mass is 518 g/mol. The molecular formula is C32H23ClN2O3. The molecule has 0 aromatic heterocycles. The number of aryl methyl sites for hydroxylation is 1.